The molecule has 2 aromatic carbocycles. The minimum absolute atomic E-state index is 0.0957. The van der Waals surface area contributed by atoms with Gasteiger partial charge in [0.15, 0.2) is 5.13 Å². The summed E-state index contributed by atoms with van der Waals surface area (Å²) in [6, 6.07) is 13.2. The van der Waals surface area contributed by atoms with Crippen LogP contribution < -0.4 is 15.4 Å². The van der Waals surface area contributed by atoms with Crippen molar-refractivity contribution in [2.45, 2.75) is 45.4 Å². The van der Waals surface area contributed by atoms with Gasteiger partial charge in [0.2, 0.25) is 0 Å². The summed E-state index contributed by atoms with van der Waals surface area (Å²) < 4.78 is 5.93. The van der Waals surface area contributed by atoms with Crippen molar-refractivity contribution in [1.82, 2.24) is 4.98 Å². The molecule has 3 N–H and O–H groups in total. The number of carboxylic acids is 1. The smallest absolute Gasteiger partial charge is 0.325 e. The van der Waals surface area contributed by atoms with E-state index in [9.17, 15) is 9.59 Å². The Morgan fingerprint density at radius 1 is 1.15 bits per heavy atom. The first-order chi connectivity index (χ1) is 15.9. The molecule has 0 fully saturated rings. The Bertz CT molecular complexity index is 1160. The molecule has 1 aliphatic rings. The van der Waals surface area contributed by atoms with E-state index >= 15 is 0 Å². The van der Waals surface area contributed by atoms with E-state index < -0.39 is 5.97 Å². The summed E-state index contributed by atoms with van der Waals surface area (Å²) in [5, 5.41) is 15.2. The number of anilines is 2. The van der Waals surface area contributed by atoms with Crippen molar-refractivity contribution in [1.29, 1.82) is 0 Å². The summed E-state index contributed by atoms with van der Waals surface area (Å²) in [7, 11) is 0. The van der Waals surface area contributed by atoms with Crippen LogP contribution in [0.5, 0.6) is 5.75 Å². The fraction of sp³-hybridized carbons (Fsp3) is 0.320. The predicted molar refractivity (Wildman–Crippen MR) is 130 cm³/mol. The van der Waals surface area contributed by atoms with Crippen LogP contribution in [-0.4, -0.2) is 28.7 Å². The molecule has 1 aromatic heterocycles. The molecule has 4 rings (SSSR count). The zero-order chi connectivity index (χ0) is 23.4. The van der Waals surface area contributed by atoms with Gasteiger partial charge in [0.25, 0.3) is 0 Å². The Hall–Kier alpha value is -3.39. The van der Waals surface area contributed by atoms with Crippen LogP contribution in [0.3, 0.4) is 0 Å². The van der Waals surface area contributed by atoms with Crippen molar-refractivity contribution < 1.29 is 19.4 Å². The number of hydrogen-bond donors (Lipinski definition) is 3. The Morgan fingerprint density at radius 2 is 1.94 bits per heavy atom. The minimum atomic E-state index is -0.756. The first-order valence-corrected chi connectivity index (χ1v) is 11.8. The third-order valence-electron chi connectivity index (χ3n) is 5.77. The number of urea groups is 1. The topological polar surface area (TPSA) is 101 Å². The lowest BCUT2D eigenvalue weighted by atomic mass is 9.98. The molecule has 0 bridgehead atoms. The van der Waals surface area contributed by atoms with E-state index in [0.29, 0.717) is 18.2 Å². The number of carbonyl (C=O) groups is 2. The number of fused-ring (bicyclic) bond motifs is 1. The number of hydrogen-bond acceptors (Lipinski definition) is 5. The Balaban J connectivity index is 1.28. The molecule has 0 saturated heterocycles. The molecular weight excluding hydrogens is 438 g/mol. The average Bonchev–Trinajstić information content (AvgIpc) is 3.32. The number of aromatic nitrogens is 1. The highest BCUT2D eigenvalue weighted by Gasteiger charge is 2.24. The SMILES string of the molecule is Cc1ccc(NC(=O)Nc2nc(CCOc3ccc4c(c3)CC[C@H]4CC(=O)O)c(C)s2)cc1. The number of carboxylic acid groups (broad SMARTS) is 1. The quantitative estimate of drug-likeness (QED) is 0.406. The maximum absolute atomic E-state index is 12.2. The molecule has 0 unspecified atom stereocenters. The second-order valence-electron chi connectivity index (χ2n) is 8.26. The Kier molecular flexibility index (Phi) is 6.93. The lowest BCUT2D eigenvalue weighted by Crippen LogP contribution is -2.19. The van der Waals surface area contributed by atoms with Crippen molar-refractivity contribution >= 4 is 34.2 Å². The van der Waals surface area contributed by atoms with E-state index in [4.69, 9.17) is 9.84 Å². The highest BCUT2D eigenvalue weighted by atomic mass is 32.1. The van der Waals surface area contributed by atoms with Crippen LogP contribution in [-0.2, 0) is 17.6 Å². The molecule has 3 aromatic rings. The van der Waals surface area contributed by atoms with Crippen LogP contribution in [0.2, 0.25) is 0 Å². The molecule has 1 atom stereocenters. The predicted octanol–water partition coefficient (Wildman–Crippen LogP) is 5.53. The number of amides is 2. The van der Waals surface area contributed by atoms with Crippen LogP contribution in [0.15, 0.2) is 42.5 Å². The number of nitrogens with one attached hydrogen (secondary N) is 2. The molecule has 7 nitrogen and oxygen atoms in total. The van der Waals surface area contributed by atoms with Crippen LogP contribution >= 0.6 is 11.3 Å². The average molecular weight is 466 g/mol. The molecular formula is C25H27N3O4S. The van der Waals surface area contributed by atoms with Gasteiger partial charge in [-0.25, -0.2) is 9.78 Å². The van der Waals surface area contributed by atoms with E-state index in [0.717, 1.165) is 46.0 Å². The van der Waals surface area contributed by atoms with Crippen LogP contribution in [0, 0.1) is 13.8 Å². The van der Waals surface area contributed by atoms with E-state index in [1.807, 2.05) is 56.3 Å². The standard InChI is InChI=1S/C25H27N3O4S/c1-15-3-7-19(8-4-15)26-24(31)28-25-27-22(16(2)33-25)11-12-32-20-9-10-21-17(13-20)5-6-18(21)14-23(29)30/h3-4,7-10,13,18H,5-6,11-12,14H2,1-2H3,(H,29,30)(H2,26,27,28,31)/t18-/m0/s1. The number of benzene rings is 2. The zero-order valence-corrected chi connectivity index (χ0v) is 19.5. The largest absolute Gasteiger partial charge is 0.493 e. The molecule has 0 radical (unpaired) electrons. The Morgan fingerprint density at radius 3 is 2.70 bits per heavy atom. The van der Waals surface area contributed by atoms with Gasteiger partial charge >= 0.3 is 12.0 Å². The number of rotatable bonds is 8. The highest BCUT2D eigenvalue weighted by molar-refractivity contribution is 7.15. The van der Waals surface area contributed by atoms with Crippen molar-refractivity contribution in [2.24, 2.45) is 0 Å². The van der Waals surface area contributed by atoms with Crippen molar-refractivity contribution in [3.63, 3.8) is 0 Å². The van der Waals surface area contributed by atoms with Crippen molar-refractivity contribution in [2.75, 3.05) is 17.2 Å². The summed E-state index contributed by atoms with van der Waals surface area (Å²) in [6.07, 6.45) is 2.56. The van der Waals surface area contributed by atoms with Crippen molar-refractivity contribution in [3.8, 4) is 5.75 Å². The van der Waals surface area contributed by atoms with Gasteiger partial charge in [0.05, 0.1) is 18.7 Å². The van der Waals surface area contributed by atoms with Gasteiger partial charge in [0.1, 0.15) is 5.75 Å². The van der Waals surface area contributed by atoms with Gasteiger partial charge in [-0.3, -0.25) is 10.1 Å². The maximum Gasteiger partial charge on any atom is 0.325 e. The van der Waals surface area contributed by atoms with Gasteiger partial charge in [-0.05, 0) is 68.0 Å². The minimum Gasteiger partial charge on any atom is -0.493 e. The fourth-order valence-corrected chi connectivity index (χ4v) is 4.93. The molecule has 1 aliphatic carbocycles. The van der Waals surface area contributed by atoms with E-state index in [1.165, 1.54) is 16.9 Å². The van der Waals surface area contributed by atoms with Crippen LogP contribution in [0.4, 0.5) is 15.6 Å². The van der Waals surface area contributed by atoms with Crippen LogP contribution in [0.25, 0.3) is 0 Å². The second-order valence-corrected chi connectivity index (χ2v) is 9.46. The maximum atomic E-state index is 12.2. The van der Waals surface area contributed by atoms with E-state index in [1.54, 1.807) is 0 Å². The summed E-state index contributed by atoms with van der Waals surface area (Å²) >= 11 is 1.44. The van der Waals surface area contributed by atoms with Crippen molar-refractivity contribution in [3.05, 3.63) is 69.7 Å². The normalized spacial score (nSPS) is 14.5. The van der Waals surface area contributed by atoms with Gasteiger partial charge in [0, 0.05) is 17.0 Å². The first kappa shape index (κ1) is 22.8. The van der Waals surface area contributed by atoms with E-state index in [2.05, 4.69) is 15.6 Å². The summed E-state index contributed by atoms with van der Waals surface area (Å²) in [5.41, 5.74) is 5.05. The molecule has 33 heavy (non-hydrogen) atoms. The lowest BCUT2D eigenvalue weighted by molar-refractivity contribution is -0.137. The molecule has 8 heteroatoms. The number of aliphatic carboxylic acids is 1. The third kappa shape index (κ3) is 5.90. The molecule has 0 aliphatic heterocycles. The van der Waals surface area contributed by atoms with Gasteiger partial charge in [-0.15, -0.1) is 11.3 Å². The second kappa shape index (κ2) is 10.0. The molecule has 172 valence electrons. The number of thiazole rings is 1. The number of aryl methyl sites for hydroxylation is 3. The number of nitrogens with zero attached hydrogens (tertiary/aromatic N) is 1. The number of ether oxygens (including phenoxy) is 1. The molecule has 0 saturated carbocycles. The van der Waals surface area contributed by atoms with E-state index in [-0.39, 0.29) is 18.4 Å². The molecule has 2 amide bonds. The summed E-state index contributed by atoms with van der Waals surface area (Å²) in [6.45, 7) is 4.44. The Labute approximate surface area is 196 Å². The van der Waals surface area contributed by atoms with Gasteiger partial charge in [-0.1, -0.05) is 23.8 Å². The molecule has 0 spiro atoms. The monoisotopic (exact) mass is 465 g/mol. The molecule has 1 heterocycles. The summed E-state index contributed by atoms with van der Waals surface area (Å²) in [4.78, 5) is 28.9. The highest BCUT2D eigenvalue weighted by Crippen LogP contribution is 2.37. The summed E-state index contributed by atoms with van der Waals surface area (Å²) in [5.74, 6) is 0.125. The lowest BCUT2D eigenvalue weighted by Gasteiger charge is -2.10. The number of carbonyl (C=O) groups excluding carboxylic acids is 1. The fourth-order valence-electron chi connectivity index (χ4n) is 4.07. The van der Waals surface area contributed by atoms with Gasteiger partial charge < -0.3 is 15.2 Å². The van der Waals surface area contributed by atoms with Gasteiger partial charge in [-0.2, -0.15) is 0 Å². The third-order valence-corrected chi connectivity index (χ3v) is 6.70. The van der Waals surface area contributed by atoms with Crippen LogP contribution in [0.1, 0.15) is 46.0 Å². The zero-order valence-electron chi connectivity index (χ0n) is 18.7. The first-order valence-electron chi connectivity index (χ1n) is 11.0.